The zero-order valence-corrected chi connectivity index (χ0v) is 21.6. The van der Waals surface area contributed by atoms with E-state index in [1.54, 1.807) is 49.6 Å². The normalized spacial score (nSPS) is 12.6. The molecule has 2 atom stereocenters. The second-order valence-corrected chi connectivity index (χ2v) is 9.34. The van der Waals surface area contributed by atoms with Gasteiger partial charge in [0.2, 0.25) is 0 Å². The maximum atomic E-state index is 12.9. The second-order valence-electron chi connectivity index (χ2n) is 8.90. The second kappa shape index (κ2) is 11.4. The third-order valence-electron chi connectivity index (χ3n) is 6.46. The fourth-order valence-electron chi connectivity index (χ4n) is 4.14. The molecule has 4 rings (SSSR count). The highest BCUT2D eigenvalue weighted by Gasteiger charge is 2.31. The minimum Gasteiger partial charge on any atom is -0.497 e. The standard InChI is InChI=1S/C29H28ClN3O4/c1-4-17(2)25(29(35)36)27-26(19-7-10-21(30)11-8-19)32-23-14-9-20(15-24(23)33-27)28(34)31-16-18-5-12-22(37-3)13-6-18/h5-15,17,25H,4,16H2,1-3H3,(H,31,34)(H,35,36). The van der Waals surface area contributed by atoms with Crippen LogP contribution in [-0.2, 0) is 11.3 Å². The van der Waals surface area contributed by atoms with Crippen LogP contribution in [-0.4, -0.2) is 34.1 Å². The van der Waals surface area contributed by atoms with Gasteiger partial charge in [0.25, 0.3) is 5.91 Å². The molecular weight excluding hydrogens is 490 g/mol. The Morgan fingerprint density at radius 2 is 1.70 bits per heavy atom. The average molecular weight is 518 g/mol. The van der Waals surface area contributed by atoms with E-state index in [2.05, 4.69) is 5.32 Å². The van der Waals surface area contributed by atoms with Gasteiger partial charge in [-0.25, -0.2) is 9.97 Å². The highest BCUT2D eigenvalue weighted by Crippen LogP contribution is 2.34. The van der Waals surface area contributed by atoms with E-state index in [-0.39, 0.29) is 11.8 Å². The van der Waals surface area contributed by atoms with Gasteiger partial charge in [0.15, 0.2) is 0 Å². The molecule has 2 unspecified atom stereocenters. The van der Waals surface area contributed by atoms with E-state index in [0.29, 0.717) is 46.0 Å². The third-order valence-corrected chi connectivity index (χ3v) is 6.71. The van der Waals surface area contributed by atoms with Crippen molar-refractivity contribution in [3.05, 3.63) is 88.6 Å². The number of halogens is 1. The van der Waals surface area contributed by atoms with E-state index in [1.165, 1.54) is 0 Å². The number of carboxylic acids is 1. The Morgan fingerprint density at radius 3 is 2.32 bits per heavy atom. The topological polar surface area (TPSA) is 101 Å². The van der Waals surface area contributed by atoms with Gasteiger partial charge < -0.3 is 15.2 Å². The Hall–Kier alpha value is -3.97. The molecule has 2 N–H and O–H groups in total. The molecule has 8 heteroatoms. The van der Waals surface area contributed by atoms with Gasteiger partial charge in [0.05, 0.1) is 29.5 Å². The first-order valence-electron chi connectivity index (χ1n) is 12.0. The first kappa shape index (κ1) is 26.1. The molecule has 0 aliphatic heterocycles. The Bertz CT molecular complexity index is 1420. The SMILES string of the molecule is CCC(C)C(C(=O)O)c1nc2cc(C(=O)NCc3ccc(OC)cc3)ccc2nc1-c1ccc(Cl)cc1. The number of nitrogens with one attached hydrogen (secondary N) is 1. The number of nitrogens with zero attached hydrogens (tertiary/aromatic N) is 2. The van der Waals surface area contributed by atoms with Crippen molar-refractivity contribution in [1.29, 1.82) is 0 Å². The van der Waals surface area contributed by atoms with E-state index in [4.69, 9.17) is 26.3 Å². The summed E-state index contributed by atoms with van der Waals surface area (Å²) in [5.41, 5.74) is 3.96. The lowest BCUT2D eigenvalue weighted by Crippen LogP contribution is -2.23. The van der Waals surface area contributed by atoms with Crippen molar-refractivity contribution in [1.82, 2.24) is 15.3 Å². The molecule has 190 valence electrons. The Labute approximate surface area is 220 Å². The summed E-state index contributed by atoms with van der Waals surface area (Å²) < 4.78 is 5.17. The predicted octanol–water partition coefficient (Wildman–Crippen LogP) is 6.10. The van der Waals surface area contributed by atoms with E-state index in [0.717, 1.165) is 16.9 Å². The molecule has 0 fully saturated rings. The van der Waals surface area contributed by atoms with Crippen LogP contribution in [0.4, 0.5) is 0 Å². The van der Waals surface area contributed by atoms with Crippen LogP contribution in [0.25, 0.3) is 22.3 Å². The third kappa shape index (κ3) is 5.89. The quantitative estimate of drug-likeness (QED) is 0.278. The monoisotopic (exact) mass is 517 g/mol. The van der Waals surface area contributed by atoms with Crippen molar-refractivity contribution >= 4 is 34.5 Å². The van der Waals surface area contributed by atoms with Gasteiger partial charge in [-0.1, -0.05) is 56.1 Å². The van der Waals surface area contributed by atoms with Crippen molar-refractivity contribution in [3.8, 4) is 17.0 Å². The van der Waals surface area contributed by atoms with Gasteiger partial charge in [0.1, 0.15) is 11.7 Å². The Kier molecular flexibility index (Phi) is 8.04. The number of aromatic nitrogens is 2. The number of amides is 1. The lowest BCUT2D eigenvalue weighted by Gasteiger charge is -2.21. The summed E-state index contributed by atoms with van der Waals surface area (Å²) >= 11 is 6.07. The molecule has 7 nitrogen and oxygen atoms in total. The van der Waals surface area contributed by atoms with Gasteiger partial charge in [-0.2, -0.15) is 0 Å². The summed E-state index contributed by atoms with van der Waals surface area (Å²) in [6.45, 7) is 4.18. The Balaban J connectivity index is 1.72. The van der Waals surface area contributed by atoms with E-state index >= 15 is 0 Å². The molecule has 0 bridgehead atoms. The molecule has 37 heavy (non-hydrogen) atoms. The van der Waals surface area contributed by atoms with Crippen molar-refractivity contribution < 1.29 is 19.4 Å². The maximum Gasteiger partial charge on any atom is 0.312 e. The van der Waals surface area contributed by atoms with Gasteiger partial charge in [-0.3, -0.25) is 9.59 Å². The predicted molar refractivity (Wildman–Crippen MR) is 144 cm³/mol. The number of benzene rings is 3. The van der Waals surface area contributed by atoms with Gasteiger partial charge in [-0.05, 0) is 53.9 Å². The van der Waals surface area contributed by atoms with Crippen molar-refractivity contribution in [2.45, 2.75) is 32.7 Å². The number of carbonyl (C=O) groups excluding carboxylic acids is 1. The van der Waals surface area contributed by atoms with E-state index < -0.39 is 11.9 Å². The molecular formula is C29H28ClN3O4. The largest absolute Gasteiger partial charge is 0.497 e. The smallest absolute Gasteiger partial charge is 0.312 e. The average Bonchev–Trinajstić information content (AvgIpc) is 2.91. The van der Waals surface area contributed by atoms with Crippen LogP contribution in [0.3, 0.4) is 0 Å². The number of carbonyl (C=O) groups is 2. The lowest BCUT2D eigenvalue weighted by molar-refractivity contribution is -0.140. The summed E-state index contributed by atoms with van der Waals surface area (Å²) in [6, 6.07) is 19.6. The summed E-state index contributed by atoms with van der Waals surface area (Å²) in [7, 11) is 1.60. The summed E-state index contributed by atoms with van der Waals surface area (Å²) in [4.78, 5) is 34.8. The first-order chi connectivity index (χ1) is 17.8. The zero-order valence-electron chi connectivity index (χ0n) is 20.9. The molecule has 4 aromatic rings. The summed E-state index contributed by atoms with van der Waals surface area (Å²) in [5, 5.41) is 13.6. The van der Waals surface area contributed by atoms with Gasteiger partial charge >= 0.3 is 5.97 Å². The molecule has 0 saturated carbocycles. The molecule has 0 spiro atoms. The molecule has 0 aliphatic carbocycles. The number of methoxy groups -OCH3 is 1. The van der Waals surface area contributed by atoms with Gasteiger partial charge in [0, 0.05) is 22.7 Å². The number of hydrogen-bond acceptors (Lipinski definition) is 5. The maximum absolute atomic E-state index is 12.9. The number of aliphatic carboxylic acids is 1. The summed E-state index contributed by atoms with van der Waals surface area (Å²) in [6.07, 6.45) is 0.657. The number of hydrogen-bond donors (Lipinski definition) is 2. The lowest BCUT2D eigenvalue weighted by atomic mass is 9.86. The van der Waals surface area contributed by atoms with Crippen LogP contribution in [0.15, 0.2) is 66.7 Å². The minimum absolute atomic E-state index is 0.175. The molecule has 0 radical (unpaired) electrons. The van der Waals surface area contributed by atoms with Crippen LogP contribution >= 0.6 is 11.6 Å². The zero-order chi connectivity index (χ0) is 26.5. The highest BCUT2D eigenvalue weighted by atomic mass is 35.5. The molecule has 0 saturated heterocycles. The molecule has 0 aliphatic rings. The fourth-order valence-corrected chi connectivity index (χ4v) is 4.27. The van der Waals surface area contributed by atoms with Crippen LogP contribution in [0.5, 0.6) is 5.75 Å². The van der Waals surface area contributed by atoms with Crippen LogP contribution in [0, 0.1) is 5.92 Å². The van der Waals surface area contributed by atoms with Crippen LogP contribution in [0.1, 0.15) is 47.8 Å². The first-order valence-corrected chi connectivity index (χ1v) is 12.4. The number of fused-ring (bicyclic) bond motifs is 1. The van der Waals surface area contributed by atoms with Crippen LogP contribution < -0.4 is 10.1 Å². The van der Waals surface area contributed by atoms with Crippen molar-refractivity contribution in [2.24, 2.45) is 5.92 Å². The van der Waals surface area contributed by atoms with Gasteiger partial charge in [-0.15, -0.1) is 0 Å². The highest BCUT2D eigenvalue weighted by molar-refractivity contribution is 6.30. The van der Waals surface area contributed by atoms with Crippen molar-refractivity contribution in [2.75, 3.05) is 7.11 Å². The molecule has 1 amide bonds. The van der Waals surface area contributed by atoms with Crippen molar-refractivity contribution in [3.63, 3.8) is 0 Å². The molecule has 1 aromatic heterocycles. The van der Waals surface area contributed by atoms with E-state index in [1.807, 2.05) is 38.1 Å². The Morgan fingerprint density at radius 1 is 1.00 bits per heavy atom. The molecule has 3 aromatic carbocycles. The number of rotatable bonds is 9. The van der Waals surface area contributed by atoms with E-state index in [9.17, 15) is 14.7 Å². The fraction of sp³-hybridized carbons (Fsp3) is 0.241. The number of ether oxygens (including phenoxy) is 1. The number of carboxylic acid groups (broad SMARTS) is 1. The minimum atomic E-state index is -0.966. The molecule has 1 heterocycles. The van der Waals surface area contributed by atoms with Crippen LogP contribution in [0.2, 0.25) is 5.02 Å². The summed E-state index contributed by atoms with van der Waals surface area (Å²) in [5.74, 6) is -1.52.